The van der Waals surface area contributed by atoms with E-state index in [4.69, 9.17) is 23.8 Å². The van der Waals surface area contributed by atoms with E-state index < -0.39 is 13.6 Å². The Morgan fingerprint density at radius 2 is 1.04 bits per heavy atom. The lowest BCUT2D eigenvalue weighted by Crippen LogP contribution is -2.49. The minimum atomic E-state index is -1.91. The zero-order valence-electron chi connectivity index (χ0n) is 26.7. The average molecular weight is 632 g/mol. The molecule has 0 spiro atoms. The number of hydrogen-bond acceptors (Lipinski definition) is 6. The van der Waals surface area contributed by atoms with Crippen LogP contribution >= 0.6 is 0 Å². The molecule has 0 N–H and O–H groups in total. The van der Waals surface area contributed by atoms with Gasteiger partial charge in [0.15, 0.2) is 17.1 Å². The van der Waals surface area contributed by atoms with Crippen molar-refractivity contribution in [1.82, 2.24) is 5.06 Å². The first-order valence-corrected chi connectivity index (χ1v) is 19.2. The van der Waals surface area contributed by atoms with E-state index in [2.05, 4.69) is 62.1 Å². The Bertz CT molecular complexity index is 1670. The van der Waals surface area contributed by atoms with E-state index in [9.17, 15) is 0 Å². The van der Waals surface area contributed by atoms with E-state index in [0.29, 0.717) is 43.7 Å². The van der Waals surface area contributed by atoms with E-state index in [0.717, 1.165) is 27.6 Å². The minimum Gasteiger partial charge on any atom is -0.486 e. The topological polar surface area (TPSA) is 49.4 Å². The third-order valence-electron chi connectivity index (χ3n) is 7.88. The first-order chi connectivity index (χ1) is 22.4. The van der Waals surface area contributed by atoms with E-state index >= 15 is 0 Å². The maximum Gasteiger partial charge on any atom is 0.204 e. The van der Waals surface area contributed by atoms with Crippen LogP contribution in [-0.2, 0) is 50.2 Å². The van der Waals surface area contributed by atoms with Gasteiger partial charge in [-0.2, -0.15) is 5.06 Å². The van der Waals surface area contributed by atoms with Crippen LogP contribution in [0.3, 0.4) is 0 Å². The molecule has 0 aliphatic carbocycles. The van der Waals surface area contributed by atoms with Gasteiger partial charge in [-0.1, -0.05) is 141 Å². The Morgan fingerprint density at radius 1 is 0.587 bits per heavy atom. The highest BCUT2D eigenvalue weighted by Gasteiger charge is 2.54. The van der Waals surface area contributed by atoms with Crippen LogP contribution in [0.5, 0.6) is 0 Å². The summed E-state index contributed by atoms with van der Waals surface area (Å²) in [4.78, 5) is 6.66. The Kier molecular flexibility index (Phi) is 9.61. The van der Waals surface area contributed by atoms with Gasteiger partial charge in [-0.05, 0) is 28.3 Å². The maximum atomic E-state index is 6.84. The highest BCUT2D eigenvalue weighted by atomic mass is 28.3. The van der Waals surface area contributed by atoms with E-state index in [1.54, 1.807) is 0 Å². The molecule has 0 unspecified atom stereocenters. The number of ether oxygens (including phenoxy) is 4. The van der Waals surface area contributed by atoms with Crippen LogP contribution in [0.2, 0.25) is 19.6 Å². The van der Waals surface area contributed by atoms with Gasteiger partial charge in [0, 0.05) is 0 Å². The molecule has 6 nitrogen and oxygen atoms in total. The predicted octanol–water partition coefficient (Wildman–Crippen LogP) is 8.67. The fraction of sp³-hybridized carbons (Fsp3) is 0.231. The molecular formula is C39H41NO5Si. The van der Waals surface area contributed by atoms with Crippen molar-refractivity contribution in [3.8, 4) is 0 Å². The molecule has 0 aromatic heterocycles. The van der Waals surface area contributed by atoms with Gasteiger partial charge in [-0.15, -0.1) is 0 Å². The molecule has 0 bridgehead atoms. The summed E-state index contributed by atoms with van der Waals surface area (Å²) in [5, 5.41) is 2.79. The van der Waals surface area contributed by atoms with E-state index in [-0.39, 0.29) is 6.61 Å². The largest absolute Gasteiger partial charge is 0.486 e. The summed E-state index contributed by atoms with van der Waals surface area (Å²) in [6.45, 7) is 8.57. The normalized spacial score (nSPS) is 17.5. The molecule has 0 amide bonds. The van der Waals surface area contributed by atoms with E-state index in [1.165, 1.54) is 0 Å². The molecule has 236 valence electrons. The molecule has 0 saturated heterocycles. The second-order valence-corrected chi connectivity index (χ2v) is 17.5. The van der Waals surface area contributed by atoms with Gasteiger partial charge in [0.1, 0.15) is 33.3 Å². The zero-order chi connectivity index (χ0) is 31.8. The fourth-order valence-corrected chi connectivity index (χ4v) is 6.37. The molecule has 1 atom stereocenters. The van der Waals surface area contributed by atoms with Crippen molar-refractivity contribution < 1.29 is 23.8 Å². The quantitative estimate of drug-likeness (QED) is 0.130. The third kappa shape index (κ3) is 7.38. The summed E-state index contributed by atoms with van der Waals surface area (Å²) >= 11 is 0. The molecule has 2 aliphatic heterocycles. The zero-order valence-corrected chi connectivity index (χ0v) is 27.7. The van der Waals surface area contributed by atoms with Crippen molar-refractivity contribution in [2.45, 2.75) is 51.6 Å². The third-order valence-corrected chi connectivity index (χ3v) is 9.59. The van der Waals surface area contributed by atoms with Crippen LogP contribution in [0.15, 0.2) is 156 Å². The summed E-state index contributed by atoms with van der Waals surface area (Å²) in [7, 11) is -1.91. The van der Waals surface area contributed by atoms with Crippen LogP contribution < -0.4 is 0 Å². The van der Waals surface area contributed by atoms with Gasteiger partial charge >= 0.3 is 0 Å². The lowest BCUT2D eigenvalue weighted by atomic mass is 9.93. The van der Waals surface area contributed by atoms with Crippen molar-refractivity contribution in [3.05, 3.63) is 179 Å². The lowest BCUT2D eigenvalue weighted by molar-refractivity contribution is -0.139. The SMILES string of the molecule is C[Si](C)(C)C1=C[C@@]2(COCc3ccccc3)C(OCc3ccccc3)=C(OCc3ccccc3)C(OCc3ccccc3)=CN2O1. The van der Waals surface area contributed by atoms with Crippen LogP contribution in [0.1, 0.15) is 22.3 Å². The molecule has 4 aromatic rings. The van der Waals surface area contributed by atoms with Crippen molar-refractivity contribution in [3.63, 3.8) is 0 Å². The van der Waals surface area contributed by atoms with Crippen LogP contribution in [0.25, 0.3) is 0 Å². The number of hydrogen-bond donors (Lipinski definition) is 0. The first kappa shape index (κ1) is 31.3. The second kappa shape index (κ2) is 14.1. The molecule has 4 aromatic carbocycles. The molecule has 7 heteroatoms. The molecule has 0 radical (unpaired) electrons. The summed E-state index contributed by atoms with van der Waals surface area (Å²) in [6, 6.07) is 40.6. The monoisotopic (exact) mass is 631 g/mol. The van der Waals surface area contributed by atoms with Gasteiger partial charge in [0.2, 0.25) is 5.76 Å². The van der Waals surface area contributed by atoms with Crippen LogP contribution in [-0.4, -0.2) is 25.3 Å². The number of rotatable bonds is 14. The number of benzene rings is 4. The summed E-state index contributed by atoms with van der Waals surface area (Å²) < 4.78 is 26.5. The molecule has 46 heavy (non-hydrogen) atoms. The minimum absolute atomic E-state index is 0.278. The van der Waals surface area contributed by atoms with Crippen LogP contribution in [0.4, 0.5) is 0 Å². The predicted molar refractivity (Wildman–Crippen MR) is 182 cm³/mol. The van der Waals surface area contributed by atoms with Gasteiger partial charge < -0.3 is 23.8 Å². The Balaban J connectivity index is 1.43. The van der Waals surface area contributed by atoms with Crippen molar-refractivity contribution in [2.75, 3.05) is 6.61 Å². The van der Waals surface area contributed by atoms with Crippen LogP contribution in [0, 0.1) is 0 Å². The average Bonchev–Trinajstić information content (AvgIpc) is 3.47. The second-order valence-electron chi connectivity index (χ2n) is 12.6. The van der Waals surface area contributed by atoms with Gasteiger partial charge in [0.25, 0.3) is 0 Å². The number of nitrogens with zero attached hydrogens (tertiary/aromatic N) is 1. The Labute approximate surface area is 273 Å². The van der Waals surface area contributed by atoms with Gasteiger partial charge in [0.05, 0.1) is 19.4 Å². The first-order valence-electron chi connectivity index (χ1n) is 15.7. The summed E-state index contributed by atoms with van der Waals surface area (Å²) in [5.74, 6) is 1.66. The highest BCUT2D eigenvalue weighted by Crippen LogP contribution is 2.46. The van der Waals surface area contributed by atoms with Crippen molar-refractivity contribution in [2.24, 2.45) is 0 Å². The summed E-state index contributed by atoms with van der Waals surface area (Å²) in [6.07, 6.45) is 4.08. The van der Waals surface area contributed by atoms with Gasteiger partial charge in [-0.25, -0.2) is 0 Å². The maximum absolute atomic E-state index is 6.84. The lowest BCUT2D eigenvalue weighted by Gasteiger charge is -2.40. The summed E-state index contributed by atoms with van der Waals surface area (Å²) in [5.41, 5.74) is 3.30. The standard InChI is InChI=1S/C39H41NO5Si/c1-46(2,3)36-24-39(30-41-26-31-16-8-4-9-17-31)38(44-29-34-22-14-7-15-23-34)37(43-28-33-20-12-6-13-21-33)35(25-40(39)45-36)42-27-32-18-10-5-11-19-32/h4-25H,26-30H2,1-3H3/t39-/m1/s1. The Morgan fingerprint density at radius 3 is 1.54 bits per heavy atom. The van der Waals surface area contributed by atoms with E-state index in [1.807, 2.05) is 96.2 Å². The molecule has 6 rings (SSSR count). The van der Waals surface area contributed by atoms with Gasteiger partial charge in [-0.3, -0.25) is 0 Å². The molecular weight excluding hydrogens is 591 g/mol. The molecule has 0 fully saturated rings. The smallest absolute Gasteiger partial charge is 0.204 e. The molecule has 2 heterocycles. The highest BCUT2D eigenvalue weighted by molar-refractivity contribution is 6.82. The van der Waals surface area contributed by atoms with Crippen molar-refractivity contribution in [1.29, 1.82) is 0 Å². The number of hydroxylamine groups is 2. The Hall–Kier alpha value is -4.72. The molecule has 2 aliphatic rings. The number of fused-ring (bicyclic) bond motifs is 1. The van der Waals surface area contributed by atoms with Crippen molar-refractivity contribution >= 4 is 8.07 Å². The fourth-order valence-electron chi connectivity index (χ4n) is 5.32. The molecule has 0 saturated carbocycles.